The number of nitrogens with zero attached hydrogens (tertiary/aromatic N) is 4. The van der Waals surface area contributed by atoms with Crippen molar-refractivity contribution in [2.24, 2.45) is 0 Å². The van der Waals surface area contributed by atoms with E-state index in [0.29, 0.717) is 41.4 Å². The first-order valence-electron chi connectivity index (χ1n) is 15.0. The monoisotopic (exact) mass is 619 g/mol. The Hall–Kier alpha value is -4.00. The fraction of sp³-hybridized carbons (Fsp3) is 0.406. The highest BCUT2D eigenvalue weighted by Crippen LogP contribution is 2.40. The number of carbonyl (C=O) groups is 1. The molecule has 0 spiro atoms. The van der Waals surface area contributed by atoms with E-state index in [2.05, 4.69) is 5.32 Å². The van der Waals surface area contributed by atoms with Crippen LogP contribution in [0.15, 0.2) is 47.4 Å². The maximum Gasteiger partial charge on any atom is 0.294 e. The molecule has 0 radical (unpaired) electrons. The number of hydrogen-bond acceptors (Lipinski definition) is 7. The molecule has 12 heteroatoms. The highest BCUT2D eigenvalue weighted by atomic mass is 32.2. The number of fused-ring (bicyclic) bond motifs is 1. The third-order valence-electron chi connectivity index (χ3n) is 8.93. The maximum absolute atomic E-state index is 13.4. The second-order valence-corrected chi connectivity index (χ2v) is 13.7. The topological polar surface area (TPSA) is 127 Å². The van der Waals surface area contributed by atoms with Gasteiger partial charge in [-0.3, -0.25) is 14.9 Å². The molecule has 11 nitrogen and oxygen atoms in total. The lowest BCUT2D eigenvalue weighted by molar-refractivity contribution is -0.384. The number of sulfonamides is 1. The van der Waals surface area contributed by atoms with Crippen molar-refractivity contribution in [3.8, 4) is 5.69 Å². The molecule has 1 saturated heterocycles. The molecule has 2 fully saturated rings. The second-order valence-electron chi connectivity index (χ2n) is 11.7. The molecule has 1 saturated carbocycles. The average Bonchev–Trinajstić information content (AvgIpc) is 3.44. The minimum absolute atomic E-state index is 0.0241. The number of morpholine rings is 1. The maximum atomic E-state index is 13.4. The summed E-state index contributed by atoms with van der Waals surface area (Å²) < 4.78 is 35.4. The van der Waals surface area contributed by atoms with Gasteiger partial charge in [-0.15, -0.1) is 0 Å². The second kappa shape index (κ2) is 11.8. The van der Waals surface area contributed by atoms with Gasteiger partial charge >= 0.3 is 0 Å². The third kappa shape index (κ3) is 5.42. The van der Waals surface area contributed by atoms with E-state index in [-0.39, 0.29) is 40.5 Å². The quantitative estimate of drug-likeness (QED) is 0.216. The number of likely N-dealkylation sites (N-methyl/N-ethyl adjacent to an activating group) is 1. The Morgan fingerprint density at radius 1 is 1.02 bits per heavy atom. The van der Waals surface area contributed by atoms with E-state index >= 15 is 0 Å². The summed E-state index contributed by atoms with van der Waals surface area (Å²) in [6.45, 7) is 5.07. The molecule has 232 valence electrons. The van der Waals surface area contributed by atoms with Crippen LogP contribution in [0.5, 0.6) is 0 Å². The van der Waals surface area contributed by atoms with Crippen molar-refractivity contribution in [3.63, 3.8) is 0 Å². The molecule has 6 rings (SSSR count). The Labute approximate surface area is 257 Å². The summed E-state index contributed by atoms with van der Waals surface area (Å²) in [6.07, 6.45) is 7.23. The van der Waals surface area contributed by atoms with E-state index in [1.165, 1.54) is 15.6 Å². The Kier molecular flexibility index (Phi) is 8.08. The molecule has 1 amide bonds. The van der Waals surface area contributed by atoms with Crippen LogP contribution >= 0.6 is 0 Å². The Bertz CT molecular complexity index is 1770. The Morgan fingerprint density at radius 3 is 2.45 bits per heavy atom. The fourth-order valence-corrected chi connectivity index (χ4v) is 7.98. The zero-order valence-corrected chi connectivity index (χ0v) is 26.0. The number of aromatic nitrogens is 1. The lowest BCUT2D eigenvalue weighted by Crippen LogP contribution is -2.40. The van der Waals surface area contributed by atoms with Crippen LogP contribution < -0.4 is 10.2 Å². The van der Waals surface area contributed by atoms with Gasteiger partial charge in [-0.1, -0.05) is 19.3 Å². The highest BCUT2D eigenvalue weighted by molar-refractivity contribution is 7.89. The smallest absolute Gasteiger partial charge is 0.294 e. The molecule has 2 aromatic carbocycles. The number of carbonyl (C=O) groups excluding carboxylic acids is 1. The van der Waals surface area contributed by atoms with E-state index in [9.17, 15) is 23.3 Å². The first-order valence-corrected chi connectivity index (χ1v) is 16.5. The van der Waals surface area contributed by atoms with Gasteiger partial charge in [-0.05, 0) is 74.7 Å². The molecule has 1 aromatic heterocycles. The average molecular weight is 620 g/mol. The minimum Gasteiger partial charge on any atom is -0.379 e. The number of amides is 1. The molecule has 44 heavy (non-hydrogen) atoms. The predicted octanol–water partition coefficient (Wildman–Crippen LogP) is 5.28. The van der Waals surface area contributed by atoms with Crippen molar-refractivity contribution < 1.29 is 22.9 Å². The Morgan fingerprint density at radius 2 is 1.75 bits per heavy atom. The normalized spacial score (nSPS) is 19.0. The van der Waals surface area contributed by atoms with Gasteiger partial charge in [0.1, 0.15) is 5.69 Å². The third-order valence-corrected chi connectivity index (χ3v) is 10.8. The molecule has 3 aromatic rings. The molecule has 0 bridgehead atoms. The SMILES string of the molecule is Cc1cc(/C=C2\C(=O)N(C)c3ccc(S(=O)(=O)N4CCOCC4)cc32)c(C)n1-c1ccc(NC2CCCCC2)c([N+](=O)[O-])c1. The van der Waals surface area contributed by atoms with E-state index in [4.69, 9.17) is 4.74 Å². The van der Waals surface area contributed by atoms with Crippen LogP contribution in [0.4, 0.5) is 17.1 Å². The van der Waals surface area contributed by atoms with Crippen molar-refractivity contribution in [1.82, 2.24) is 8.87 Å². The molecule has 2 aliphatic heterocycles. The van der Waals surface area contributed by atoms with Crippen molar-refractivity contribution in [2.45, 2.75) is 56.9 Å². The zero-order chi connectivity index (χ0) is 31.2. The highest BCUT2D eigenvalue weighted by Gasteiger charge is 2.34. The van der Waals surface area contributed by atoms with Gasteiger partial charge in [0.15, 0.2) is 0 Å². The number of rotatable bonds is 7. The zero-order valence-electron chi connectivity index (χ0n) is 25.2. The van der Waals surface area contributed by atoms with Gasteiger partial charge in [0.25, 0.3) is 11.6 Å². The number of anilines is 2. The summed E-state index contributed by atoms with van der Waals surface area (Å²) in [6, 6.07) is 12.2. The van der Waals surface area contributed by atoms with Crippen LogP contribution in [-0.4, -0.2) is 67.5 Å². The van der Waals surface area contributed by atoms with Gasteiger partial charge in [0, 0.05) is 54.8 Å². The van der Waals surface area contributed by atoms with Crippen molar-refractivity contribution in [1.29, 1.82) is 0 Å². The summed E-state index contributed by atoms with van der Waals surface area (Å²) in [7, 11) is -2.08. The molecular weight excluding hydrogens is 582 g/mol. The predicted molar refractivity (Wildman–Crippen MR) is 170 cm³/mol. The van der Waals surface area contributed by atoms with Crippen molar-refractivity contribution in [3.05, 3.63) is 75.1 Å². The number of nitrogens with one attached hydrogen (secondary N) is 1. The van der Waals surface area contributed by atoms with E-state index < -0.39 is 10.0 Å². The minimum atomic E-state index is -3.75. The molecular formula is C32H37N5O6S. The van der Waals surface area contributed by atoms with Crippen LogP contribution in [0.2, 0.25) is 0 Å². The lowest BCUT2D eigenvalue weighted by Gasteiger charge is -2.26. The molecule has 1 N–H and O–H groups in total. The molecule has 3 aliphatic rings. The molecule has 1 aliphatic carbocycles. The summed E-state index contributed by atoms with van der Waals surface area (Å²) >= 11 is 0. The Balaban J connectivity index is 1.36. The van der Waals surface area contributed by atoms with Crippen LogP contribution in [0.3, 0.4) is 0 Å². The number of ether oxygens (including phenoxy) is 1. The van der Waals surface area contributed by atoms with Gasteiger partial charge in [0.2, 0.25) is 10.0 Å². The van der Waals surface area contributed by atoms with Crippen molar-refractivity contribution in [2.75, 3.05) is 43.6 Å². The molecule has 0 unspecified atom stereocenters. The van der Waals surface area contributed by atoms with E-state index in [0.717, 1.165) is 42.6 Å². The summed E-state index contributed by atoms with van der Waals surface area (Å²) in [5.41, 5.74) is 5.18. The van der Waals surface area contributed by atoms with Crippen molar-refractivity contribution >= 4 is 44.6 Å². The van der Waals surface area contributed by atoms with Crippen LogP contribution in [0.1, 0.15) is 54.6 Å². The largest absolute Gasteiger partial charge is 0.379 e. The first-order chi connectivity index (χ1) is 21.1. The first kappa shape index (κ1) is 30.0. The summed E-state index contributed by atoms with van der Waals surface area (Å²) in [5, 5.41) is 15.5. The van der Waals surface area contributed by atoms with Gasteiger partial charge in [0.05, 0.1) is 34.4 Å². The number of nitro benzene ring substituents is 1. The number of aryl methyl sites for hydroxylation is 1. The number of hydrogen-bond donors (Lipinski definition) is 1. The van der Waals surface area contributed by atoms with Crippen LogP contribution in [-0.2, 0) is 19.6 Å². The fourth-order valence-electron chi connectivity index (χ4n) is 6.55. The standard InChI is InChI=1S/C32H37N5O6S/c1-21-17-23(22(2)36(21)25-9-11-29(31(19-25)37(39)40)33-24-7-5-4-6-8-24)18-28-27-20-26(10-12-30(27)34(3)32(28)38)44(41,42)35-13-15-43-16-14-35/h9-12,17-20,24,33H,4-8,13-16H2,1-3H3/b28-18-. The number of nitro groups is 1. The van der Waals surface area contributed by atoms with Gasteiger partial charge < -0.3 is 19.5 Å². The lowest BCUT2D eigenvalue weighted by atomic mass is 9.95. The number of benzene rings is 2. The van der Waals surface area contributed by atoms with E-state index in [1.54, 1.807) is 43.5 Å². The molecule has 0 atom stereocenters. The molecule has 3 heterocycles. The summed E-state index contributed by atoms with van der Waals surface area (Å²) in [5.74, 6) is -0.237. The van der Waals surface area contributed by atoms with Gasteiger partial charge in [-0.2, -0.15) is 4.31 Å². The van der Waals surface area contributed by atoms with Crippen LogP contribution in [0, 0.1) is 24.0 Å². The van der Waals surface area contributed by atoms with Crippen LogP contribution in [0.25, 0.3) is 17.3 Å². The van der Waals surface area contributed by atoms with Gasteiger partial charge in [-0.25, -0.2) is 8.42 Å². The summed E-state index contributed by atoms with van der Waals surface area (Å²) in [4.78, 5) is 26.8. The van der Waals surface area contributed by atoms with E-state index in [1.807, 2.05) is 30.5 Å².